The van der Waals surface area contributed by atoms with E-state index in [1.54, 1.807) is 6.26 Å². The van der Waals surface area contributed by atoms with Crippen molar-refractivity contribution in [2.45, 2.75) is 25.0 Å². The van der Waals surface area contributed by atoms with Crippen LogP contribution in [0.5, 0.6) is 0 Å². The number of hydrogen-bond acceptors (Lipinski definition) is 6. The summed E-state index contributed by atoms with van der Waals surface area (Å²) in [4.78, 5) is 26.2. The van der Waals surface area contributed by atoms with E-state index in [2.05, 4.69) is 15.5 Å². The van der Waals surface area contributed by atoms with Crippen LogP contribution in [0.3, 0.4) is 0 Å². The van der Waals surface area contributed by atoms with Gasteiger partial charge in [-0.3, -0.25) is 14.5 Å². The molecular formula is C17H25N3O5. The number of hydrogen-bond donors (Lipinski definition) is 2. The minimum atomic E-state index is -0.636. The predicted molar refractivity (Wildman–Crippen MR) is 88.8 cm³/mol. The standard InChI is InChI=1S/C17H25N3O5/c21-16(18-11-13-3-1-7-24-13)17(22)19-12-14(15-4-2-8-25-15)20-5-9-23-10-6-20/h2,4,8,13-14H,1,3,5-7,9-12H2,(H,18,21)(H,19,22). The van der Waals surface area contributed by atoms with Gasteiger partial charge in [-0.15, -0.1) is 0 Å². The third-order valence-electron chi connectivity index (χ3n) is 4.53. The Kier molecular flexibility index (Phi) is 6.43. The van der Waals surface area contributed by atoms with Crippen molar-refractivity contribution in [3.63, 3.8) is 0 Å². The Morgan fingerprint density at radius 2 is 2.00 bits per heavy atom. The molecular weight excluding hydrogens is 326 g/mol. The lowest BCUT2D eigenvalue weighted by atomic mass is 10.1. The van der Waals surface area contributed by atoms with Gasteiger partial charge in [-0.25, -0.2) is 0 Å². The Labute approximate surface area is 146 Å². The molecule has 0 radical (unpaired) electrons. The van der Waals surface area contributed by atoms with Gasteiger partial charge in [0.1, 0.15) is 5.76 Å². The van der Waals surface area contributed by atoms with Crippen LogP contribution < -0.4 is 10.6 Å². The second-order valence-corrected chi connectivity index (χ2v) is 6.23. The van der Waals surface area contributed by atoms with Crippen LogP contribution in [0.25, 0.3) is 0 Å². The number of nitrogens with one attached hydrogen (secondary N) is 2. The molecule has 1 aromatic heterocycles. The molecule has 3 heterocycles. The Balaban J connectivity index is 1.49. The van der Waals surface area contributed by atoms with Crippen LogP contribution in [0.2, 0.25) is 0 Å². The molecule has 138 valence electrons. The summed E-state index contributed by atoms with van der Waals surface area (Å²) in [5.74, 6) is -0.500. The van der Waals surface area contributed by atoms with Crippen LogP contribution in [0.15, 0.2) is 22.8 Å². The largest absolute Gasteiger partial charge is 0.468 e. The van der Waals surface area contributed by atoms with E-state index in [4.69, 9.17) is 13.9 Å². The highest BCUT2D eigenvalue weighted by molar-refractivity contribution is 6.35. The van der Waals surface area contributed by atoms with Crippen molar-refractivity contribution in [1.29, 1.82) is 0 Å². The Morgan fingerprint density at radius 1 is 1.20 bits per heavy atom. The molecule has 0 saturated carbocycles. The number of rotatable bonds is 6. The molecule has 2 saturated heterocycles. The minimum Gasteiger partial charge on any atom is -0.468 e. The van der Waals surface area contributed by atoms with Gasteiger partial charge in [-0.05, 0) is 25.0 Å². The molecule has 2 N–H and O–H groups in total. The maximum atomic E-state index is 12.1. The Bertz CT molecular complexity index is 551. The highest BCUT2D eigenvalue weighted by atomic mass is 16.5. The number of morpholine rings is 1. The zero-order valence-electron chi connectivity index (χ0n) is 14.2. The number of carbonyl (C=O) groups excluding carboxylic acids is 2. The molecule has 0 aliphatic carbocycles. The molecule has 2 aliphatic heterocycles. The van der Waals surface area contributed by atoms with E-state index < -0.39 is 11.8 Å². The van der Waals surface area contributed by atoms with Gasteiger partial charge in [0.05, 0.1) is 31.6 Å². The van der Waals surface area contributed by atoms with Crippen LogP contribution in [0, 0.1) is 0 Å². The lowest BCUT2D eigenvalue weighted by Crippen LogP contribution is -2.47. The highest BCUT2D eigenvalue weighted by Gasteiger charge is 2.26. The summed E-state index contributed by atoms with van der Waals surface area (Å²) in [5.41, 5.74) is 0. The summed E-state index contributed by atoms with van der Waals surface area (Å²) in [6.45, 7) is 4.20. The Morgan fingerprint density at radius 3 is 2.68 bits per heavy atom. The van der Waals surface area contributed by atoms with E-state index in [1.807, 2.05) is 12.1 Å². The number of amides is 2. The molecule has 2 amide bonds. The molecule has 2 atom stereocenters. The second-order valence-electron chi connectivity index (χ2n) is 6.23. The number of furan rings is 1. The first-order valence-electron chi connectivity index (χ1n) is 8.77. The normalized spacial score (nSPS) is 22.5. The quantitative estimate of drug-likeness (QED) is 0.705. The third-order valence-corrected chi connectivity index (χ3v) is 4.53. The summed E-state index contributed by atoms with van der Waals surface area (Å²) >= 11 is 0. The maximum absolute atomic E-state index is 12.1. The van der Waals surface area contributed by atoms with Crippen molar-refractivity contribution in [2.24, 2.45) is 0 Å². The zero-order valence-corrected chi connectivity index (χ0v) is 14.2. The molecule has 1 aromatic rings. The molecule has 2 unspecified atom stereocenters. The van der Waals surface area contributed by atoms with E-state index in [0.29, 0.717) is 26.3 Å². The molecule has 0 spiro atoms. The van der Waals surface area contributed by atoms with Crippen LogP contribution in [0.1, 0.15) is 24.6 Å². The van der Waals surface area contributed by atoms with Gasteiger partial charge in [0.15, 0.2) is 0 Å². The van der Waals surface area contributed by atoms with Gasteiger partial charge in [0, 0.05) is 32.8 Å². The molecule has 0 bridgehead atoms. The lowest BCUT2D eigenvalue weighted by Gasteiger charge is -2.33. The molecule has 8 heteroatoms. The lowest BCUT2D eigenvalue weighted by molar-refractivity contribution is -0.139. The first-order valence-corrected chi connectivity index (χ1v) is 8.77. The molecule has 25 heavy (non-hydrogen) atoms. The average molecular weight is 351 g/mol. The number of ether oxygens (including phenoxy) is 2. The summed E-state index contributed by atoms with van der Waals surface area (Å²) in [6, 6.07) is 3.58. The predicted octanol–water partition coefficient (Wildman–Crippen LogP) is 0.0643. The van der Waals surface area contributed by atoms with Gasteiger partial charge in [-0.1, -0.05) is 0 Å². The topological polar surface area (TPSA) is 93.0 Å². The van der Waals surface area contributed by atoms with E-state index in [-0.39, 0.29) is 12.1 Å². The number of nitrogens with zero attached hydrogens (tertiary/aromatic N) is 1. The van der Waals surface area contributed by atoms with Crippen molar-refractivity contribution in [3.05, 3.63) is 24.2 Å². The van der Waals surface area contributed by atoms with Crippen molar-refractivity contribution in [2.75, 3.05) is 46.0 Å². The van der Waals surface area contributed by atoms with E-state index in [9.17, 15) is 9.59 Å². The fourth-order valence-corrected chi connectivity index (χ4v) is 3.14. The summed E-state index contributed by atoms with van der Waals surface area (Å²) in [7, 11) is 0. The first-order chi connectivity index (χ1) is 12.2. The molecule has 0 aromatic carbocycles. The van der Waals surface area contributed by atoms with Crippen LogP contribution >= 0.6 is 0 Å². The Hall–Kier alpha value is -1.90. The SMILES string of the molecule is O=C(NCC1CCCO1)C(=O)NCC(c1ccco1)N1CCOCC1. The summed E-state index contributed by atoms with van der Waals surface area (Å²) in [6.07, 6.45) is 3.54. The molecule has 2 fully saturated rings. The molecule has 3 rings (SSSR count). The zero-order chi connectivity index (χ0) is 17.5. The van der Waals surface area contributed by atoms with Gasteiger partial charge >= 0.3 is 11.8 Å². The van der Waals surface area contributed by atoms with Gasteiger partial charge in [0.25, 0.3) is 0 Å². The van der Waals surface area contributed by atoms with E-state index in [0.717, 1.165) is 38.3 Å². The van der Waals surface area contributed by atoms with Crippen molar-refractivity contribution in [3.8, 4) is 0 Å². The van der Waals surface area contributed by atoms with E-state index >= 15 is 0 Å². The highest BCUT2D eigenvalue weighted by Crippen LogP contribution is 2.21. The number of carbonyl (C=O) groups is 2. The van der Waals surface area contributed by atoms with E-state index in [1.165, 1.54) is 0 Å². The maximum Gasteiger partial charge on any atom is 0.309 e. The monoisotopic (exact) mass is 351 g/mol. The van der Waals surface area contributed by atoms with Crippen LogP contribution in [-0.4, -0.2) is 68.8 Å². The third kappa shape index (κ3) is 5.04. The molecule has 2 aliphatic rings. The summed E-state index contributed by atoms with van der Waals surface area (Å²) in [5, 5.41) is 5.34. The van der Waals surface area contributed by atoms with Crippen molar-refractivity contribution >= 4 is 11.8 Å². The smallest absolute Gasteiger partial charge is 0.309 e. The van der Waals surface area contributed by atoms with Gasteiger partial charge < -0.3 is 24.5 Å². The van der Waals surface area contributed by atoms with Crippen LogP contribution in [0.4, 0.5) is 0 Å². The summed E-state index contributed by atoms with van der Waals surface area (Å²) < 4.78 is 16.3. The average Bonchev–Trinajstić information content (AvgIpc) is 3.34. The second kappa shape index (κ2) is 8.98. The first kappa shape index (κ1) is 17.9. The van der Waals surface area contributed by atoms with Gasteiger partial charge in [-0.2, -0.15) is 0 Å². The van der Waals surface area contributed by atoms with Gasteiger partial charge in [0.2, 0.25) is 0 Å². The fourth-order valence-electron chi connectivity index (χ4n) is 3.14. The minimum absolute atomic E-state index is 0.0148. The van der Waals surface area contributed by atoms with Crippen LogP contribution in [-0.2, 0) is 19.1 Å². The van der Waals surface area contributed by atoms with Crippen molar-refractivity contribution in [1.82, 2.24) is 15.5 Å². The fraction of sp³-hybridized carbons (Fsp3) is 0.647. The molecule has 8 nitrogen and oxygen atoms in total. The van der Waals surface area contributed by atoms with Crippen molar-refractivity contribution < 1.29 is 23.5 Å².